The maximum absolute atomic E-state index is 13.2. The average Bonchev–Trinajstić information content (AvgIpc) is 3.39. The Morgan fingerprint density at radius 1 is 1.20 bits per heavy atom. The lowest BCUT2D eigenvalue weighted by molar-refractivity contribution is -0.384. The van der Waals surface area contributed by atoms with Crippen molar-refractivity contribution >= 4 is 39.7 Å². The molecule has 2 heterocycles. The largest absolute Gasteiger partial charge is 0.416 e. The highest BCUT2D eigenvalue weighted by atomic mass is 32.2. The molecular weight excluding hydrogens is 565 g/mol. The van der Waals surface area contributed by atoms with Crippen LogP contribution in [0.15, 0.2) is 75.5 Å². The molecule has 40 heavy (non-hydrogen) atoms. The molecule has 5 rings (SSSR count). The van der Waals surface area contributed by atoms with Crippen molar-refractivity contribution in [2.24, 2.45) is 5.73 Å². The van der Waals surface area contributed by atoms with Gasteiger partial charge in [-0.2, -0.15) is 18.4 Å². The van der Waals surface area contributed by atoms with Gasteiger partial charge in [0.2, 0.25) is 5.13 Å². The molecule has 1 aliphatic heterocycles. The van der Waals surface area contributed by atoms with E-state index in [1.165, 1.54) is 40.9 Å². The number of alkyl halides is 3. The molecule has 0 saturated heterocycles. The Bertz CT molecular complexity index is 1630. The second-order valence-electron chi connectivity index (χ2n) is 9.01. The number of Topliss-reactive ketones (excluding diaryl/α,β-unsaturated/α-hetero) is 1. The second-order valence-corrected chi connectivity index (χ2v) is 11.2. The SMILES string of the molecule is N#CC1=C(N)N(c2nnc(SCc3cccc(C(F)(F)F)c3)s2)C2=C(C(=O)CCC2)C1c1cccc([N+](=O)[O-])c1. The van der Waals surface area contributed by atoms with Crippen molar-refractivity contribution in [3.05, 3.63) is 98.0 Å². The number of nitro groups is 1. The first kappa shape index (κ1) is 27.4. The van der Waals surface area contributed by atoms with Crippen LogP contribution in [-0.2, 0) is 16.7 Å². The summed E-state index contributed by atoms with van der Waals surface area (Å²) in [4.78, 5) is 25.6. The van der Waals surface area contributed by atoms with E-state index in [1.54, 1.807) is 12.1 Å². The topological polar surface area (TPSA) is 139 Å². The average molecular weight is 585 g/mol. The van der Waals surface area contributed by atoms with Crippen LogP contribution in [0.5, 0.6) is 0 Å². The molecule has 2 aromatic carbocycles. The maximum Gasteiger partial charge on any atom is 0.416 e. The Kier molecular flexibility index (Phi) is 7.35. The number of nitro benzene ring substituents is 1. The molecule has 0 saturated carbocycles. The zero-order valence-electron chi connectivity index (χ0n) is 20.5. The molecule has 0 spiro atoms. The molecule has 14 heteroatoms. The fourth-order valence-corrected chi connectivity index (χ4v) is 6.61. The molecule has 1 atom stereocenters. The Labute approximate surface area is 234 Å². The molecule has 1 aromatic heterocycles. The number of nitrogens with zero attached hydrogens (tertiary/aromatic N) is 5. The summed E-state index contributed by atoms with van der Waals surface area (Å²) >= 11 is 2.33. The summed E-state index contributed by atoms with van der Waals surface area (Å²) in [5.41, 5.74) is 7.41. The number of thioether (sulfide) groups is 1. The normalized spacial score (nSPS) is 17.6. The Morgan fingerprint density at radius 2 is 1.98 bits per heavy atom. The number of aromatic nitrogens is 2. The van der Waals surface area contributed by atoms with E-state index < -0.39 is 22.6 Å². The van der Waals surface area contributed by atoms with Crippen molar-refractivity contribution in [2.75, 3.05) is 4.90 Å². The first-order valence-corrected chi connectivity index (χ1v) is 13.7. The fraction of sp³-hybridized carbons (Fsp3) is 0.231. The summed E-state index contributed by atoms with van der Waals surface area (Å²) in [6.07, 6.45) is -3.19. The van der Waals surface area contributed by atoms with Crippen LogP contribution in [0.25, 0.3) is 0 Å². The number of non-ortho nitro benzene ring substituents is 1. The van der Waals surface area contributed by atoms with Gasteiger partial charge >= 0.3 is 6.18 Å². The van der Waals surface area contributed by atoms with Crippen LogP contribution in [0.4, 0.5) is 24.0 Å². The van der Waals surface area contributed by atoms with Crippen molar-refractivity contribution < 1.29 is 22.9 Å². The van der Waals surface area contributed by atoms with Gasteiger partial charge in [-0.05, 0) is 30.0 Å². The van der Waals surface area contributed by atoms with Crippen molar-refractivity contribution in [3.8, 4) is 6.07 Å². The van der Waals surface area contributed by atoms with Crippen LogP contribution in [0, 0.1) is 21.4 Å². The van der Waals surface area contributed by atoms with Crippen LogP contribution in [-0.4, -0.2) is 20.9 Å². The summed E-state index contributed by atoms with van der Waals surface area (Å²) in [5, 5.41) is 30.2. The minimum Gasteiger partial charge on any atom is -0.384 e. The van der Waals surface area contributed by atoms with Gasteiger partial charge in [-0.15, -0.1) is 10.2 Å². The van der Waals surface area contributed by atoms with Crippen molar-refractivity contribution in [1.29, 1.82) is 5.26 Å². The van der Waals surface area contributed by atoms with Gasteiger partial charge in [0.1, 0.15) is 5.82 Å². The van der Waals surface area contributed by atoms with E-state index in [9.17, 15) is 33.3 Å². The Balaban J connectivity index is 1.49. The van der Waals surface area contributed by atoms with Crippen LogP contribution in [0.1, 0.15) is 41.9 Å². The number of allylic oxidation sites excluding steroid dienone is 3. The molecule has 0 fully saturated rings. The molecule has 1 unspecified atom stereocenters. The van der Waals surface area contributed by atoms with E-state index in [1.807, 2.05) is 0 Å². The van der Waals surface area contributed by atoms with Crippen LogP contribution in [0.3, 0.4) is 0 Å². The van der Waals surface area contributed by atoms with Gasteiger partial charge in [0.25, 0.3) is 5.69 Å². The predicted molar refractivity (Wildman–Crippen MR) is 142 cm³/mol. The highest BCUT2D eigenvalue weighted by Crippen LogP contribution is 2.47. The van der Waals surface area contributed by atoms with Crippen LogP contribution < -0.4 is 10.6 Å². The van der Waals surface area contributed by atoms with E-state index in [2.05, 4.69) is 16.3 Å². The number of hydrogen-bond donors (Lipinski definition) is 1. The second kappa shape index (κ2) is 10.7. The summed E-state index contributed by atoms with van der Waals surface area (Å²) < 4.78 is 39.6. The standard InChI is InChI=1S/C26H19F3N6O3S2/c27-26(28,29)16-6-1-4-14(10-16)13-39-25-33-32-24(40-25)34-19-8-3-9-20(36)22(19)21(18(12-30)23(34)31)15-5-2-7-17(11-15)35(37)38/h1-2,4-7,10-11,21H,3,8-9,13,31H2. The minimum absolute atomic E-state index is 0.0398. The molecule has 0 bridgehead atoms. The molecule has 3 aromatic rings. The number of rotatable bonds is 6. The number of nitrogens with two attached hydrogens (primary N) is 1. The van der Waals surface area contributed by atoms with Gasteiger partial charge in [0.05, 0.1) is 28.0 Å². The van der Waals surface area contributed by atoms with E-state index in [-0.39, 0.29) is 35.0 Å². The van der Waals surface area contributed by atoms with Gasteiger partial charge in [-0.25, -0.2) is 0 Å². The van der Waals surface area contributed by atoms with Gasteiger partial charge in [-0.3, -0.25) is 19.8 Å². The van der Waals surface area contributed by atoms with Crippen molar-refractivity contribution in [1.82, 2.24) is 10.2 Å². The van der Waals surface area contributed by atoms with E-state index in [0.717, 1.165) is 23.5 Å². The molecule has 2 N–H and O–H groups in total. The van der Waals surface area contributed by atoms with E-state index in [4.69, 9.17) is 5.73 Å². The van der Waals surface area contributed by atoms with E-state index >= 15 is 0 Å². The number of anilines is 1. The minimum atomic E-state index is -4.45. The number of carbonyl (C=O) groups excluding carboxylic acids is 1. The Hall–Kier alpha value is -4.22. The molecule has 9 nitrogen and oxygen atoms in total. The maximum atomic E-state index is 13.2. The van der Waals surface area contributed by atoms with Crippen LogP contribution >= 0.6 is 23.1 Å². The highest BCUT2D eigenvalue weighted by molar-refractivity contribution is 8.00. The fourth-order valence-electron chi connectivity index (χ4n) is 4.79. The monoisotopic (exact) mass is 584 g/mol. The van der Waals surface area contributed by atoms with Gasteiger partial charge in [-0.1, -0.05) is 53.4 Å². The Morgan fingerprint density at radius 3 is 2.70 bits per heavy atom. The summed E-state index contributed by atoms with van der Waals surface area (Å²) in [6, 6.07) is 12.9. The van der Waals surface area contributed by atoms with E-state index in [0.29, 0.717) is 44.7 Å². The smallest absolute Gasteiger partial charge is 0.384 e. The van der Waals surface area contributed by atoms with Crippen LogP contribution in [0.2, 0.25) is 0 Å². The lowest BCUT2D eigenvalue weighted by Crippen LogP contribution is -2.38. The molecule has 0 amide bonds. The summed E-state index contributed by atoms with van der Waals surface area (Å²) in [6.45, 7) is 0. The third-order valence-electron chi connectivity index (χ3n) is 6.53. The summed E-state index contributed by atoms with van der Waals surface area (Å²) in [5.74, 6) is -0.800. The number of hydrogen-bond acceptors (Lipinski definition) is 10. The summed E-state index contributed by atoms with van der Waals surface area (Å²) in [7, 11) is 0. The van der Waals surface area contributed by atoms with Gasteiger partial charge in [0, 0.05) is 35.6 Å². The first-order valence-electron chi connectivity index (χ1n) is 11.9. The highest BCUT2D eigenvalue weighted by Gasteiger charge is 2.41. The molecule has 204 valence electrons. The van der Waals surface area contributed by atoms with Crippen molar-refractivity contribution in [2.45, 2.75) is 41.4 Å². The van der Waals surface area contributed by atoms with Gasteiger partial charge in [0.15, 0.2) is 10.1 Å². The number of benzene rings is 2. The molecule has 1 aliphatic carbocycles. The number of ketones is 1. The lowest BCUT2D eigenvalue weighted by atomic mass is 9.75. The third-order valence-corrected chi connectivity index (χ3v) is 8.64. The molecule has 0 radical (unpaired) electrons. The number of nitriles is 1. The quantitative estimate of drug-likeness (QED) is 0.208. The zero-order valence-corrected chi connectivity index (χ0v) is 22.1. The number of halogens is 3. The molecule has 2 aliphatic rings. The van der Waals surface area contributed by atoms with Crippen molar-refractivity contribution in [3.63, 3.8) is 0 Å². The molecular formula is C26H19F3N6O3S2. The predicted octanol–water partition coefficient (Wildman–Crippen LogP) is 6.06. The number of carbonyl (C=O) groups is 1. The third kappa shape index (κ3) is 5.17. The first-order chi connectivity index (χ1) is 19.1. The lowest BCUT2D eigenvalue weighted by Gasteiger charge is -2.38. The zero-order chi connectivity index (χ0) is 28.6. The van der Waals surface area contributed by atoms with Gasteiger partial charge < -0.3 is 5.73 Å².